The van der Waals surface area contributed by atoms with E-state index in [1.807, 2.05) is 23.1 Å². The first-order valence-corrected chi connectivity index (χ1v) is 13.6. The number of nitrogens with zero attached hydrogens (tertiary/aromatic N) is 4. The maximum Gasteiger partial charge on any atom is 0.238 e. The number of hydrogen-bond acceptors (Lipinski definition) is 5. The number of aryl methyl sites for hydroxylation is 2. The van der Waals surface area contributed by atoms with Gasteiger partial charge in [0, 0.05) is 52.1 Å². The van der Waals surface area contributed by atoms with Crippen LogP contribution >= 0.6 is 0 Å². The Kier molecular flexibility index (Phi) is 8.00. The van der Waals surface area contributed by atoms with E-state index in [0.29, 0.717) is 18.4 Å². The molecule has 0 bridgehead atoms. The van der Waals surface area contributed by atoms with Crippen molar-refractivity contribution in [2.45, 2.75) is 37.6 Å². The highest BCUT2D eigenvalue weighted by molar-refractivity contribution is 7.89. The number of piperazine rings is 1. The van der Waals surface area contributed by atoms with Crippen LogP contribution in [0.15, 0.2) is 59.5 Å². The fourth-order valence-electron chi connectivity index (χ4n) is 4.46. The van der Waals surface area contributed by atoms with Crippen LogP contribution in [0, 0.1) is 0 Å². The van der Waals surface area contributed by atoms with Gasteiger partial charge in [0.05, 0.1) is 15.9 Å². The summed E-state index contributed by atoms with van der Waals surface area (Å²) in [6.07, 6.45) is 6.10. The van der Waals surface area contributed by atoms with Gasteiger partial charge in [-0.25, -0.2) is 18.5 Å². The van der Waals surface area contributed by atoms with Crippen LogP contribution in [0.4, 0.5) is 0 Å². The van der Waals surface area contributed by atoms with Crippen LogP contribution in [-0.2, 0) is 27.8 Å². The number of carbonyl (C=O) groups excluding carboxylic acids is 1. The summed E-state index contributed by atoms with van der Waals surface area (Å²) in [6.45, 7) is 6.86. The van der Waals surface area contributed by atoms with Crippen LogP contribution in [0.3, 0.4) is 0 Å². The van der Waals surface area contributed by atoms with Gasteiger partial charge in [0.2, 0.25) is 15.9 Å². The van der Waals surface area contributed by atoms with Gasteiger partial charge in [-0.05, 0) is 30.2 Å². The monoisotopic (exact) mass is 495 g/mol. The van der Waals surface area contributed by atoms with Crippen molar-refractivity contribution in [3.8, 4) is 0 Å². The molecule has 1 fully saturated rings. The first-order valence-electron chi connectivity index (χ1n) is 12.1. The Bertz CT molecular complexity index is 1290. The maximum atomic E-state index is 12.9. The summed E-state index contributed by atoms with van der Waals surface area (Å²) in [5.74, 6) is 0.927. The Balaban J connectivity index is 1.33. The average molecular weight is 496 g/mol. The molecule has 1 saturated heterocycles. The number of primary sulfonamides is 1. The van der Waals surface area contributed by atoms with Gasteiger partial charge in [0.15, 0.2) is 0 Å². The van der Waals surface area contributed by atoms with Gasteiger partial charge in [0.25, 0.3) is 0 Å². The van der Waals surface area contributed by atoms with Gasteiger partial charge in [-0.1, -0.05) is 49.4 Å². The average Bonchev–Trinajstić information content (AvgIpc) is 3.20. The summed E-state index contributed by atoms with van der Waals surface area (Å²) in [5.41, 5.74) is 2.64. The molecule has 0 unspecified atom stereocenters. The first-order chi connectivity index (χ1) is 16.8. The normalized spacial score (nSPS) is 15.3. The topological polar surface area (TPSA) is 102 Å². The van der Waals surface area contributed by atoms with Gasteiger partial charge in [0.1, 0.15) is 5.82 Å². The van der Waals surface area contributed by atoms with E-state index in [2.05, 4.69) is 45.7 Å². The van der Waals surface area contributed by atoms with E-state index in [-0.39, 0.29) is 10.8 Å². The van der Waals surface area contributed by atoms with E-state index in [4.69, 9.17) is 5.14 Å². The minimum atomic E-state index is -3.79. The van der Waals surface area contributed by atoms with E-state index in [1.165, 1.54) is 17.7 Å². The predicted octanol–water partition coefficient (Wildman–Crippen LogP) is 2.88. The number of hydrogen-bond donors (Lipinski definition) is 1. The molecule has 0 spiro atoms. The van der Waals surface area contributed by atoms with E-state index in [1.54, 1.807) is 6.07 Å². The molecule has 1 amide bonds. The molecule has 2 aromatic carbocycles. The Morgan fingerprint density at radius 1 is 1.09 bits per heavy atom. The molecule has 0 saturated carbocycles. The van der Waals surface area contributed by atoms with Crippen LogP contribution in [0.1, 0.15) is 31.2 Å². The summed E-state index contributed by atoms with van der Waals surface area (Å²) in [4.78, 5) is 21.9. The smallest absolute Gasteiger partial charge is 0.238 e. The molecule has 1 aliphatic heterocycles. The Hall–Kier alpha value is -3.01. The molecule has 3 aromatic rings. The number of imidazole rings is 1. The lowest BCUT2D eigenvalue weighted by Crippen LogP contribution is -2.48. The zero-order valence-electron chi connectivity index (χ0n) is 20.1. The van der Waals surface area contributed by atoms with Gasteiger partial charge in [-0.3, -0.25) is 9.69 Å². The lowest BCUT2D eigenvalue weighted by atomic mass is 10.2. The second kappa shape index (κ2) is 11.2. The molecule has 2 N–H and O–H groups in total. The molecule has 1 aliphatic rings. The minimum Gasteiger partial charge on any atom is -0.340 e. The molecule has 0 aliphatic carbocycles. The molecule has 2 heterocycles. The van der Waals surface area contributed by atoms with Gasteiger partial charge < -0.3 is 9.47 Å². The molecule has 35 heavy (non-hydrogen) atoms. The van der Waals surface area contributed by atoms with Gasteiger partial charge >= 0.3 is 0 Å². The highest BCUT2D eigenvalue weighted by atomic mass is 32.2. The van der Waals surface area contributed by atoms with E-state index < -0.39 is 10.0 Å². The number of fused-ring (bicyclic) bond motifs is 1. The first kappa shape index (κ1) is 25.1. The molecule has 1 aromatic heterocycles. The van der Waals surface area contributed by atoms with Gasteiger partial charge in [-0.2, -0.15) is 0 Å². The zero-order valence-corrected chi connectivity index (χ0v) is 21.0. The number of aromatic nitrogens is 2. The molecule has 8 nitrogen and oxygen atoms in total. The van der Waals surface area contributed by atoms with Crippen LogP contribution in [0.5, 0.6) is 0 Å². The third kappa shape index (κ3) is 6.36. The fraction of sp³-hybridized carbons (Fsp3) is 0.385. The summed E-state index contributed by atoms with van der Waals surface area (Å²) in [7, 11) is -3.79. The number of amides is 1. The third-order valence-electron chi connectivity index (χ3n) is 6.34. The molecule has 0 atom stereocenters. The van der Waals surface area contributed by atoms with Crippen LogP contribution in [-0.4, -0.2) is 66.4 Å². The summed E-state index contributed by atoms with van der Waals surface area (Å²) >= 11 is 0. The van der Waals surface area contributed by atoms with E-state index in [9.17, 15) is 13.2 Å². The van der Waals surface area contributed by atoms with Crippen molar-refractivity contribution in [2.24, 2.45) is 5.14 Å². The maximum absolute atomic E-state index is 12.9. The standard InChI is InChI=1S/C26H33N5O3S/c1-2-14-31-24-11-10-22(35(27,33)34)20-23(24)28-25(31)12-13-26(32)30-18-16-29(17-19-30)15-6-9-21-7-4-3-5-8-21/h3-11,20H,2,12-19H2,1H3,(H2,27,33,34)/b9-6+. The third-order valence-corrected chi connectivity index (χ3v) is 7.25. The number of carbonyl (C=O) groups is 1. The fourth-order valence-corrected chi connectivity index (χ4v) is 4.99. The number of nitrogens with two attached hydrogens (primary N) is 1. The van der Waals surface area contributed by atoms with Crippen molar-refractivity contribution in [3.05, 3.63) is 66.0 Å². The Morgan fingerprint density at radius 3 is 2.51 bits per heavy atom. The highest BCUT2D eigenvalue weighted by Crippen LogP contribution is 2.21. The lowest BCUT2D eigenvalue weighted by Gasteiger charge is -2.34. The molecule has 0 radical (unpaired) electrons. The van der Waals surface area contributed by atoms with Crippen LogP contribution in [0.25, 0.3) is 17.1 Å². The number of benzene rings is 2. The molecule has 4 rings (SSSR count). The van der Waals surface area contributed by atoms with Crippen LogP contribution in [0.2, 0.25) is 0 Å². The molecular formula is C26H33N5O3S. The van der Waals surface area contributed by atoms with Crippen molar-refractivity contribution in [1.29, 1.82) is 0 Å². The highest BCUT2D eigenvalue weighted by Gasteiger charge is 2.21. The number of sulfonamides is 1. The second-order valence-electron chi connectivity index (χ2n) is 8.87. The Labute approximate surface area is 207 Å². The molecule has 9 heteroatoms. The molecular weight excluding hydrogens is 462 g/mol. The second-order valence-corrected chi connectivity index (χ2v) is 10.4. The van der Waals surface area contributed by atoms with Crippen molar-refractivity contribution < 1.29 is 13.2 Å². The summed E-state index contributed by atoms with van der Waals surface area (Å²) in [6, 6.07) is 15.0. The van der Waals surface area contributed by atoms with E-state index in [0.717, 1.165) is 57.0 Å². The quantitative estimate of drug-likeness (QED) is 0.492. The van der Waals surface area contributed by atoms with Gasteiger partial charge in [-0.15, -0.1) is 0 Å². The van der Waals surface area contributed by atoms with Crippen molar-refractivity contribution in [1.82, 2.24) is 19.4 Å². The summed E-state index contributed by atoms with van der Waals surface area (Å²) in [5, 5.41) is 5.28. The Morgan fingerprint density at radius 2 is 1.83 bits per heavy atom. The summed E-state index contributed by atoms with van der Waals surface area (Å²) < 4.78 is 25.5. The number of rotatable bonds is 9. The largest absolute Gasteiger partial charge is 0.340 e. The van der Waals surface area contributed by atoms with Crippen molar-refractivity contribution >= 4 is 33.0 Å². The van der Waals surface area contributed by atoms with Crippen molar-refractivity contribution in [2.75, 3.05) is 32.7 Å². The minimum absolute atomic E-state index is 0.0465. The lowest BCUT2D eigenvalue weighted by molar-refractivity contribution is -0.132. The predicted molar refractivity (Wildman–Crippen MR) is 138 cm³/mol. The van der Waals surface area contributed by atoms with Crippen LogP contribution < -0.4 is 5.14 Å². The zero-order chi connectivity index (χ0) is 24.8. The molecule has 186 valence electrons. The van der Waals surface area contributed by atoms with Crippen molar-refractivity contribution in [3.63, 3.8) is 0 Å². The van der Waals surface area contributed by atoms with E-state index >= 15 is 0 Å². The SMILES string of the molecule is CCCn1c(CCC(=O)N2CCN(C/C=C/c3ccccc3)CC2)nc2cc(S(N)(=O)=O)ccc21.